The maximum absolute atomic E-state index is 6.09. The first kappa shape index (κ1) is 21.6. The van der Waals surface area contributed by atoms with Crippen molar-refractivity contribution in [1.29, 1.82) is 0 Å². The second-order valence-electron chi connectivity index (χ2n) is 9.12. The zero-order valence-corrected chi connectivity index (χ0v) is 19.7. The molecule has 0 amide bonds. The molecule has 1 fully saturated rings. The summed E-state index contributed by atoms with van der Waals surface area (Å²) in [6.07, 6.45) is 7.12. The topological polar surface area (TPSA) is 103 Å². The number of hydrogen-bond acceptors (Lipinski definition) is 7. The Bertz CT molecular complexity index is 1270. The number of nitrogens with zero attached hydrogens (tertiary/aromatic N) is 5. The van der Waals surface area contributed by atoms with Gasteiger partial charge in [-0.1, -0.05) is 18.2 Å². The van der Waals surface area contributed by atoms with Gasteiger partial charge in [0.1, 0.15) is 11.2 Å². The Morgan fingerprint density at radius 3 is 2.82 bits per heavy atom. The minimum absolute atomic E-state index is 0.0183. The molecule has 9 nitrogen and oxygen atoms in total. The average molecular weight is 450 g/mol. The fourth-order valence-electron chi connectivity index (χ4n) is 4.69. The average Bonchev–Trinajstić information content (AvgIpc) is 3.42. The van der Waals surface area contributed by atoms with Crippen LogP contribution >= 0.6 is 0 Å². The van der Waals surface area contributed by atoms with Crippen molar-refractivity contribution in [1.82, 2.24) is 29.9 Å². The summed E-state index contributed by atoms with van der Waals surface area (Å²) < 4.78 is 13.6. The lowest BCUT2D eigenvalue weighted by Crippen LogP contribution is -2.38. The molecule has 0 aliphatic heterocycles. The van der Waals surface area contributed by atoms with Crippen molar-refractivity contribution >= 4 is 28.0 Å². The minimum atomic E-state index is -0.0183. The van der Waals surface area contributed by atoms with E-state index in [1.807, 2.05) is 25.4 Å². The van der Waals surface area contributed by atoms with Gasteiger partial charge < -0.3 is 19.8 Å². The van der Waals surface area contributed by atoms with Gasteiger partial charge in [0, 0.05) is 31.5 Å². The van der Waals surface area contributed by atoms with Gasteiger partial charge in [-0.15, -0.1) is 5.10 Å². The van der Waals surface area contributed by atoms with E-state index >= 15 is 0 Å². The molecular formula is C24H31N7O2. The van der Waals surface area contributed by atoms with Crippen LogP contribution in [0.3, 0.4) is 0 Å². The van der Waals surface area contributed by atoms with Crippen molar-refractivity contribution in [3.05, 3.63) is 24.4 Å². The number of aryl methyl sites for hydroxylation is 1. The molecule has 33 heavy (non-hydrogen) atoms. The van der Waals surface area contributed by atoms with Crippen LogP contribution < -0.4 is 10.1 Å². The number of benzene rings is 1. The van der Waals surface area contributed by atoms with Crippen molar-refractivity contribution in [3.8, 4) is 17.0 Å². The number of aromatic nitrogens is 6. The SMILES string of the molecule is CCCOC1(C)CCC(Nc2nc(OC)c3c(-c4ccc5nnn(C)c5c4)c[nH]c3n2)CC1. The normalized spacial score (nSPS) is 21.0. The number of rotatable bonds is 7. The van der Waals surface area contributed by atoms with Gasteiger partial charge in [0.25, 0.3) is 0 Å². The third kappa shape index (κ3) is 4.13. The summed E-state index contributed by atoms with van der Waals surface area (Å²) in [5, 5.41) is 12.6. The lowest BCUT2D eigenvalue weighted by molar-refractivity contribution is -0.0574. The van der Waals surface area contributed by atoms with E-state index in [9.17, 15) is 0 Å². The van der Waals surface area contributed by atoms with Crippen LogP contribution in [0.25, 0.3) is 33.2 Å². The van der Waals surface area contributed by atoms with Crippen LogP contribution in [-0.2, 0) is 11.8 Å². The molecule has 4 aromatic rings. The summed E-state index contributed by atoms with van der Waals surface area (Å²) in [4.78, 5) is 12.8. The van der Waals surface area contributed by atoms with E-state index in [0.717, 1.165) is 71.9 Å². The molecule has 0 atom stereocenters. The highest BCUT2D eigenvalue weighted by molar-refractivity contribution is 5.99. The minimum Gasteiger partial charge on any atom is -0.480 e. The molecular weight excluding hydrogens is 418 g/mol. The summed E-state index contributed by atoms with van der Waals surface area (Å²) in [6.45, 7) is 5.20. The molecule has 2 N–H and O–H groups in total. The number of ether oxygens (including phenoxy) is 2. The highest BCUT2D eigenvalue weighted by Gasteiger charge is 2.32. The Labute approximate surface area is 192 Å². The van der Waals surface area contributed by atoms with Gasteiger partial charge in [0.15, 0.2) is 0 Å². The van der Waals surface area contributed by atoms with E-state index in [4.69, 9.17) is 19.4 Å². The standard InChI is InChI=1S/C24H31N7O2/c1-5-12-33-24(2)10-8-16(9-11-24)26-23-27-21-20(22(28-23)32-4)17(14-25-21)15-6-7-18-19(13-15)31(3)30-29-18/h6-7,13-14,16H,5,8-12H2,1-4H3,(H2,25,26,27,28). The Hall–Kier alpha value is -3.20. The Balaban J connectivity index is 1.40. The van der Waals surface area contributed by atoms with Crippen molar-refractivity contribution in [3.63, 3.8) is 0 Å². The van der Waals surface area contributed by atoms with Crippen LogP contribution in [0, 0.1) is 0 Å². The molecule has 3 heterocycles. The smallest absolute Gasteiger partial charge is 0.228 e. The second kappa shape index (κ2) is 8.62. The van der Waals surface area contributed by atoms with Gasteiger partial charge in [-0.25, -0.2) is 4.68 Å². The first-order chi connectivity index (χ1) is 16.0. The van der Waals surface area contributed by atoms with Crippen LogP contribution in [0.1, 0.15) is 46.0 Å². The van der Waals surface area contributed by atoms with E-state index in [1.165, 1.54) is 0 Å². The molecule has 5 rings (SSSR count). The summed E-state index contributed by atoms with van der Waals surface area (Å²) in [5.41, 5.74) is 4.56. The number of methoxy groups -OCH3 is 1. The summed E-state index contributed by atoms with van der Waals surface area (Å²) in [7, 11) is 3.54. The molecule has 1 aromatic carbocycles. The zero-order valence-electron chi connectivity index (χ0n) is 19.7. The van der Waals surface area contributed by atoms with Crippen LogP contribution in [0.5, 0.6) is 5.88 Å². The van der Waals surface area contributed by atoms with Gasteiger partial charge in [0.2, 0.25) is 11.8 Å². The molecule has 0 unspecified atom stereocenters. The third-order valence-corrected chi connectivity index (χ3v) is 6.64. The fourth-order valence-corrected chi connectivity index (χ4v) is 4.69. The zero-order chi connectivity index (χ0) is 23.0. The van der Waals surface area contributed by atoms with Gasteiger partial charge >= 0.3 is 0 Å². The molecule has 3 aromatic heterocycles. The first-order valence-corrected chi connectivity index (χ1v) is 11.6. The Morgan fingerprint density at radius 2 is 2.06 bits per heavy atom. The first-order valence-electron chi connectivity index (χ1n) is 11.6. The summed E-state index contributed by atoms with van der Waals surface area (Å²) >= 11 is 0. The van der Waals surface area contributed by atoms with E-state index in [0.29, 0.717) is 17.9 Å². The number of anilines is 1. The molecule has 1 saturated carbocycles. The lowest BCUT2D eigenvalue weighted by atomic mass is 9.83. The molecule has 0 radical (unpaired) electrons. The summed E-state index contributed by atoms with van der Waals surface area (Å²) in [5.74, 6) is 1.14. The van der Waals surface area contributed by atoms with Gasteiger partial charge in [0.05, 0.1) is 23.6 Å². The molecule has 1 aliphatic carbocycles. The van der Waals surface area contributed by atoms with Crippen LogP contribution in [0.2, 0.25) is 0 Å². The Morgan fingerprint density at radius 1 is 1.24 bits per heavy atom. The van der Waals surface area contributed by atoms with Gasteiger partial charge in [-0.05, 0) is 56.7 Å². The number of aromatic amines is 1. The monoisotopic (exact) mass is 449 g/mol. The van der Waals surface area contributed by atoms with E-state index in [2.05, 4.69) is 40.5 Å². The molecule has 9 heteroatoms. The van der Waals surface area contributed by atoms with Gasteiger partial charge in [-0.3, -0.25) is 0 Å². The fraction of sp³-hybridized carbons (Fsp3) is 0.500. The van der Waals surface area contributed by atoms with Crippen LogP contribution in [0.15, 0.2) is 24.4 Å². The predicted molar refractivity (Wildman–Crippen MR) is 128 cm³/mol. The highest BCUT2D eigenvalue weighted by atomic mass is 16.5. The molecule has 0 bridgehead atoms. The number of fused-ring (bicyclic) bond motifs is 2. The second-order valence-corrected chi connectivity index (χ2v) is 9.12. The van der Waals surface area contributed by atoms with Crippen molar-refractivity contribution in [2.75, 3.05) is 19.0 Å². The predicted octanol–water partition coefficient (Wildman–Crippen LogP) is 4.46. The summed E-state index contributed by atoms with van der Waals surface area (Å²) in [6, 6.07) is 6.40. The van der Waals surface area contributed by atoms with Crippen molar-refractivity contribution < 1.29 is 9.47 Å². The van der Waals surface area contributed by atoms with Crippen molar-refractivity contribution in [2.45, 2.75) is 57.6 Å². The van der Waals surface area contributed by atoms with E-state index in [1.54, 1.807) is 11.8 Å². The molecule has 1 aliphatic rings. The lowest BCUT2D eigenvalue weighted by Gasteiger charge is -2.37. The largest absolute Gasteiger partial charge is 0.480 e. The maximum Gasteiger partial charge on any atom is 0.228 e. The molecule has 0 saturated heterocycles. The molecule has 0 spiro atoms. The van der Waals surface area contributed by atoms with Gasteiger partial charge in [-0.2, -0.15) is 9.97 Å². The van der Waals surface area contributed by atoms with E-state index < -0.39 is 0 Å². The highest BCUT2D eigenvalue weighted by Crippen LogP contribution is 2.36. The number of nitrogens with one attached hydrogen (secondary N) is 2. The van der Waals surface area contributed by atoms with Crippen molar-refractivity contribution in [2.24, 2.45) is 7.05 Å². The quantitative estimate of drug-likeness (QED) is 0.429. The van der Waals surface area contributed by atoms with Crippen LogP contribution in [-0.4, -0.2) is 55.3 Å². The third-order valence-electron chi connectivity index (χ3n) is 6.64. The maximum atomic E-state index is 6.09. The number of H-pyrrole nitrogens is 1. The van der Waals surface area contributed by atoms with Crippen LogP contribution in [0.4, 0.5) is 5.95 Å². The number of hydrogen-bond donors (Lipinski definition) is 2. The molecule has 174 valence electrons. The van der Waals surface area contributed by atoms with E-state index in [-0.39, 0.29) is 5.60 Å². The Kier molecular flexibility index (Phi) is 5.65.